The Bertz CT molecular complexity index is 1370. The standard InChI is InChI=1S/C25H30N2O7S/c1-7-33-22(29)19-15(4)18-20(28)27(25(5,6)23(30)31)24(32)26(21(18)35-19)13-17(34-14(2)3)16-11-9-8-10-12-16/h8-12,14,17H,7,13H2,1-6H3,(H,30,31). The Morgan fingerprint density at radius 1 is 1.14 bits per heavy atom. The van der Waals surface area contributed by atoms with Gasteiger partial charge in [-0.1, -0.05) is 30.3 Å². The van der Waals surface area contributed by atoms with E-state index in [0.29, 0.717) is 5.56 Å². The molecule has 0 aliphatic rings. The zero-order chi connectivity index (χ0) is 26.1. The van der Waals surface area contributed by atoms with Gasteiger partial charge in [0.15, 0.2) is 0 Å². The van der Waals surface area contributed by atoms with Crippen LogP contribution in [0.4, 0.5) is 0 Å². The number of carboxylic acid groups (broad SMARTS) is 1. The maximum absolute atomic E-state index is 13.7. The average Bonchev–Trinajstić information content (AvgIpc) is 3.13. The Morgan fingerprint density at radius 2 is 1.77 bits per heavy atom. The van der Waals surface area contributed by atoms with Crippen LogP contribution in [0, 0.1) is 6.92 Å². The van der Waals surface area contributed by atoms with Crippen molar-refractivity contribution in [3.63, 3.8) is 0 Å². The summed E-state index contributed by atoms with van der Waals surface area (Å²) in [7, 11) is 0. The average molecular weight is 503 g/mol. The van der Waals surface area contributed by atoms with Crippen molar-refractivity contribution in [1.82, 2.24) is 9.13 Å². The van der Waals surface area contributed by atoms with Gasteiger partial charge in [0.25, 0.3) is 5.56 Å². The third-order valence-corrected chi connectivity index (χ3v) is 7.01. The number of aryl methyl sites for hydroxylation is 1. The second-order valence-electron chi connectivity index (χ2n) is 8.94. The van der Waals surface area contributed by atoms with E-state index < -0.39 is 34.8 Å². The number of thiophene rings is 1. The first kappa shape index (κ1) is 26.4. The zero-order valence-electron chi connectivity index (χ0n) is 20.7. The molecule has 0 aliphatic carbocycles. The minimum atomic E-state index is -1.83. The van der Waals surface area contributed by atoms with Gasteiger partial charge in [0.1, 0.15) is 21.4 Å². The Kier molecular flexibility index (Phi) is 7.66. The van der Waals surface area contributed by atoms with Crippen LogP contribution in [0.2, 0.25) is 0 Å². The lowest BCUT2D eigenvalue weighted by Crippen LogP contribution is -2.52. The lowest BCUT2D eigenvalue weighted by molar-refractivity contribution is -0.146. The molecule has 0 radical (unpaired) electrons. The number of rotatable bonds is 9. The zero-order valence-corrected chi connectivity index (χ0v) is 21.5. The van der Waals surface area contributed by atoms with Crippen molar-refractivity contribution in [1.29, 1.82) is 0 Å². The predicted molar refractivity (Wildman–Crippen MR) is 133 cm³/mol. The lowest BCUT2D eigenvalue weighted by atomic mass is 10.1. The number of esters is 1. The van der Waals surface area contributed by atoms with Crippen molar-refractivity contribution in [3.05, 3.63) is 67.2 Å². The second-order valence-corrected chi connectivity index (χ2v) is 9.94. The number of hydrogen-bond acceptors (Lipinski definition) is 7. The molecule has 9 nitrogen and oxygen atoms in total. The molecule has 188 valence electrons. The molecular weight excluding hydrogens is 472 g/mol. The summed E-state index contributed by atoms with van der Waals surface area (Å²) >= 11 is 0.983. The first-order chi connectivity index (χ1) is 16.4. The van der Waals surface area contributed by atoms with Crippen molar-refractivity contribution in [3.8, 4) is 0 Å². The second kappa shape index (κ2) is 10.2. The fraction of sp³-hybridized carbons (Fsp3) is 0.440. The minimum Gasteiger partial charge on any atom is -0.480 e. The van der Waals surface area contributed by atoms with E-state index in [2.05, 4.69) is 0 Å². The van der Waals surface area contributed by atoms with Crippen molar-refractivity contribution in [2.75, 3.05) is 6.61 Å². The molecule has 3 aromatic rings. The highest BCUT2D eigenvalue weighted by Crippen LogP contribution is 2.31. The molecule has 1 N–H and O–H groups in total. The lowest BCUT2D eigenvalue weighted by Gasteiger charge is -2.26. The summed E-state index contributed by atoms with van der Waals surface area (Å²) < 4.78 is 13.3. The van der Waals surface area contributed by atoms with Gasteiger partial charge in [-0.15, -0.1) is 11.3 Å². The number of fused-ring (bicyclic) bond motifs is 1. The van der Waals surface area contributed by atoms with Gasteiger partial charge in [0.2, 0.25) is 0 Å². The fourth-order valence-electron chi connectivity index (χ4n) is 3.88. The number of carbonyl (C=O) groups is 2. The highest BCUT2D eigenvalue weighted by molar-refractivity contribution is 7.20. The van der Waals surface area contributed by atoms with Crippen LogP contribution in [0.5, 0.6) is 0 Å². The van der Waals surface area contributed by atoms with Crippen LogP contribution in [0.25, 0.3) is 10.2 Å². The first-order valence-corrected chi connectivity index (χ1v) is 12.1. The molecule has 0 spiro atoms. The molecule has 1 atom stereocenters. The third kappa shape index (κ3) is 4.94. The fourth-order valence-corrected chi connectivity index (χ4v) is 5.07. The van der Waals surface area contributed by atoms with Gasteiger partial charge in [-0.3, -0.25) is 9.36 Å². The SMILES string of the molecule is CCOC(=O)c1sc2c(c1C)c(=O)n(C(C)(C)C(=O)O)c(=O)n2CC(OC(C)C)c1ccccc1. The third-order valence-electron chi connectivity index (χ3n) is 5.71. The largest absolute Gasteiger partial charge is 0.480 e. The van der Waals surface area contributed by atoms with Gasteiger partial charge in [-0.2, -0.15) is 0 Å². The van der Waals surface area contributed by atoms with E-state index >= 15 is 0 Å². The molecule has 1 aromatic carbocycles. The van der Waals surface area contributed by atoms with Crippen LogP contribution in [-0.2, 0) is 26.4 Å². The minimum absolute atomic E-state index is 0.00965. The van der Waals surface area contributed by atoms with Gasteiger partial charge in [0, 0.05) is 0 Å². The van der Waals surface area contributed by atoms with Crippen LogP contribution >= 0.6 is 11.3 Å². The normalized spacial score (nSPS) is 12.8. The number of aromatic nitrogens is 2. The van der Waals surface area contributed by atoms with E-state index in [0.717, 1.165) is 21.5 Å². The number of benzene rings is 1. The molecule has 0 bridgehead atoms. The highest BCUT2D eigenvalue weighted by Gasteiger charge is 2.36. The molecule has 0 aliphatic heterocycles. The Hall–Kier alpha value is -3.24. The van der Waals surface area contributed by atoms with Gasteiger partial charge in [0.05, 0.1) is 24.6 Å². The number of carboxylic acids is 1. The molecule has 3 rings (SSSR count). The van der Waals surface area contributed by atoms with Gasteiger partial charge in [-0.05, 0) is 52.7 Å². The molecule has 0 fully saturated rings. The highest BCUT2D eigenvalue weighted by atomic mass is 32.1. The molecule has 0 saturated heterocycles. The van der Waals surface area contributed by atoms with Crippen molar-refractivity contribution < 1.29 is 24.2 Å². The van der Waals surface area contributed by atoms with Crippen LogP contribution in [-0.4, -0.2) is 38.9 Å². The van der Waals surface area contributed by atoms with E-state index in [9.17, 15) is 24.3 Å². The van der Waals surface area contributed by atoms with Crippen molar-refractivity contribution in [2.45, 2.75) is 65.8 Å². The first-order valence-electron chi connectivity index (χ1n) is 11.3. The van der Waals surface area contributed by atoms with Crippen molar-refractivity contribution >= 4 is 33.5 Å². The molecule has 35 heavy (non-hydrogen) atoms. The Labute approximate surface area is 206 Å². The predicted octanol–water partition coefficient (Wildman–Crippen LogP) is 3.70. The molecule has 0 amide bonds. The number of carbonyl (C=O) groups excluding carboxylic acids is 1. The summed E-state index contributed by atoms with van der Waals surface area (Å²) in [6.45, 7) is 9.76. The maximum atomic E-state index is 13.7. The molecule has 2 aromatic heterocycles. The number of ether oxygens (including phenoxy) is 2. The topological polar surface area (TPSA) is 117 Å². The van der Waals surface area contributed by atoms with Gasteiger partial charge >= 0.3 is 17.6 Å². The van der Waals surface area contributed by atoms with Crippen molar-refractivity contribution in [2.24, 2.45) is 0 Å². The summed E-state index contributed by atoms with van der Waals surface area (Å²) in [4.78, 5) is 52.3. The smallest absolute Gasteiger partial charge is 0.348 e. The van der Waals surface area contributed by atoms with E-state index in [4.69, 9.17) is 9.47 Å². The summed E-state index contributed by atoms with van der Waals surface area (Å²) in [5.74, 6) is -1.94. The number of aliphatic carboxylic acids is 1. The van der Waals surface area contributed by atoms with Gasteiger partial charge in [-0.25, -0.2) is 19.0 Å². The summed E-state index contributed by atoms with van der Waals surface area (Å²) in [5, 5.41) is 9.93. The molecule has 0 saturated carbocycles. The Morgan fingerprint density at radius 3 is 2.31 bits per heavy atom. The van der Waals surface area contributed by atoms with E-state index in [1.54, 1.807) is 13.8 Å². The summed E-state index contributed by atoms with van der Waals surface area (Å²) in [6.07, 6.45) is -0.739. The van der Waals surface area contributed by atoms with E-state index in [-0.39, 0.29) is 34.3 Å². The molecule has 2 heterocycles. The molecular formula is C25H30N2O7S. The van der Waals surface area contributed by atoms with Crippen LogP contribution < -0.4 is 11.2 Å². The van der Waals surface area contributed by atoms with E-state index in [1.807, 2.05) is 44.2 Å². The van der Waals surface area contributed by atoms with Gasteiger partial charge < -0.3 is 14.6 Å². The van der Waals surface area contributed by atoms with Crippen LogP contribution in [0.1, 0.15) is 61.5 Å². The van der Waals surface area contributed by atoms with Crippen LogP contribution in [0.3, 0.4) is 0 Å². The summed E-state index contributed by atoms with van der Waals surface area (Å²) in [6, 6.07) is 9.32. The quantitative estimate of drug-likeness (QED) is 0.444. The molecule has 1 unspecified atom stereocenters. The summed E-state index contributed by atoms with van der Waals surface area (Å²) in [5.41, 5.74) is -2.23. The number of hydrogen-bond donors (Lipinski definition) is 1. The maximum Gasteiger partial charge on any atom is 0.348 e. The number of nitrogens with zero attached hydrogens (tertiary/aromatic N) is 2. The Balaban J connectivity index is 2.38. The molecule has 10 heteroatoms. The van der Waals surface area contributed by atoms with E-state index in [1.165, 1.54) is 18.4 Å². The van der Waals surface area contributed by atoms with Crippen LogP contribution in [0.15, 0.2) is 39.9 Å². The monoisotopic (exact) mass is 502 g/mol.